The van der Waals surface area contributed by atoms with Crippen LogP contribution in [0.15, 0.2) is 48.5 Å². The van der Waals surface area contributed by atoms with Gasteiger partial charge in [-0.3, -0.25) is 23.9 Å². The molecule has 4 amide bonds. The van der Waals surface area contributed by atoms with Crippen molar-refractivity contribution in [1.82, 2.24) is 19.6 Å². The number of likely N-dealkylation sites (N-methyl/N-ethyl adjacent to an activating group) is 1. The van der Waals surface area contributed by atoms with Gasteiger partial charge in [0, 0.05) is 38.1 Å². The molecule has 0 unspecified atom stereocenters. The second-order valence-electron chi connectivity index (χ2n) is 10.9. The fraction of sp³-hybridized carbons (Fsp3) is 0.379. The smallest absolute Gasteiger partial charge is 0.315 e. The molecule has 3 heterocycles. The molecule has 1 aromatic heterocycles. The van der Waals surface area contributed by atoms with Crippen molar-refractivity contribution < 1.29 is 19.2 Å². The first-order chi connectivity index (χ1) is 19.1. The van der Waals surface area contributed by atoms with Crippen LogP contribution in [0.1, 0.15) is 32.3 Å². The van der Waals surface area contributed by atoms with Gasteiger partial charge in [-0.2, -0.15) is 10.4 Å². The van der Waals surface area contributed by atoms with Crippen LogP contribution < -0.4 is 10.6 Å². The zero-order chi connectivity index (χ0) is 28.8. The van der Waals surface area contributed by atoms with Crippen molar-refractivity contribution in [2.24, 2.45) is 13.0 Å². The van der Waals surface area contributed by atoms with E-state index in [0.717, 1.165) is 16.0 Å². The number of aryl methyl sites for hydroxylation is 1. The third-order valence-electron chi connectivity index (χ3n) is 7.87. The van der Waals surface area contributed by atoms with Gasteiger partial charge in [-0.1, -0.05) is 44.2 Å². The number of aromatic nitrogens is 2. The number of rotatable bonds is 5. The van der Waals surface area contributed by atoms with E-state index in [1.54, 1.807) is 23.9 Å². The van der Waals surface area contributed by atoms with Crippen LogP contribution in [0.2, 0.25) is 0 Å². The van der Waals surface area contributed by atoms with Crippen molar-refractivity contribution in [3.8, 4) is 6.07 Å². The molecule has 11 heteroatoms. The Morgan fingerprint density at radius 2 is 1.90 bits per heavy atom. The molecule has 40 heavy (non-hydrogen) atoms. The molecular weight excluding hydrogens is 510 g/mol. The normalized spacial score (nSPS) is 20.4. The van der Waals surface area contributed by atoms with Crippen LogP contribution in [0.5, 0.6) is 0 Å². The lowest BCUT2D eigenvalue weighted by atomic mass is 9.80. The van der Waals surface area contributed by atoms with E-state index < -0.39 is 35.2 Å². The van der Waals surface area contributed by atoms with Gasteiger partial charge in [-0.25, -0.2) is 0 Å². The average Bonchev–Trinajstić information content (AvgIpc) is 3.58. The molecule has 1 spiro atoms. The Labute approximate surface area is 231 Å². The Morgan fingerprint density at radius 1 is 1.20 bits per heavy atom. The van der Waals surface area contributed by atoms with Gasteiger partial charge in [0.2, 0.25) is 11.8 Å². The number of anilines is 2. The molecule has 0 aliphatic carbocycles. The summed E-state index contributed by atoms with van der Waals surface area (Å²) in [5.41, 5.74) is 1.16. The number of carbonyl (C=O) groups excluding carboxylic acids is 4. The van der Waals surface area contributed by atoms with Crippen molar-refractivity contribution in [1.29, 1.82) is 5.26 Å². The molecule has 206 valence electrons. The van der Waals surface area contributed by atoms with E-state index in [9.17, 15) is 24.4 Å². The van der Waals surface area contributed by atoms with E-state index in [-0.39, 0.29) is 37.0 Å². The predicted molar refractivity (Wildman–Crippen MR) is 148 cm³/mol. The number of nitriles is 1. The SMILES string of the molecule is CC(C)C[C@@H](C(=O)N1C[C@]2(C[C@H]1C#N)C(=O)Nc1ccccc12)N(C)C(=O)C(=O)Nc1nn(C)c2ccccc12. The van der Waals surface area contributed by atoms with Crippen molar-refractivity contribution in [3.05, 3.63) is 54.1 Å². The molecule has 11 nitrogen and oxygen atoms in total. The summed E-state index contributed by atoms with van der Waals surface area (Å²) in [6.07, 6.45) is 0.419. The maximum atomic E-state index is 14.0. The summed E-state index contributed by atoms with van der Waals surface area (Å²) in [6.45, 7) is 3.83. The van der Waals surface area contributed by atoms with E-state index in [1.807, 2.05) is 50.2 Å². The number of nitrogens with zero attached hydrogens (tertiary/aromatic N) is 5. The number of carbonyl (C=O) groups is 4. The van der Waals surface area contributed by atoms with Crippen LogP contribution in [0.4, 0.5) is 11.5 Å². The minimum Gasteiger partial charge on any atom is -0.325 e. The van der Waals surface area contributed by atoms with E-state index >= 15 is 0 Å². The lowest BCUT2D eigenvalue weighted by molar-refractivity contribution is -0.149. The number of hydrogen-bond donors (Lipinski definition) is 2. The molecule has 1 saturated heterocycles. The van der Waals surface area contributed by atoms with Gasteiger partial charge in [-0.15, -0.1) is 0 Å². The summed E-state index contributed by atoms with van der Waals surface area (Å²) in [4.78, 5) is 56.1. The summed E-state index contributed by atoms with van der Waals surface area (Å²) in [7, 11) is 3.15. The van der Waals surface area contributed by atoms with Crippen LogP contribution >= 0.6 is 0 Å². The molecule has 5 rings (SSSR count). The first kappa shape index (κ1) is 26.9. The Hall–Kier alpha value is -4.72. The molecule has 2 aliphatic heterocycles. The molecule has 0 radical (unpaired) electrons. The molecule has 0 bridgehead atoms. The Bertz CT molecular complexity index is 1570. The Morgan fingerprint density at radius 3 is 2.62 bits per heavy atom. The largest absolute Gasteiger partial charge is 0.325 e. The summed E-state index contributed by atoms with van der Waals surface area (Å²) in [5.74, 6) is -2.31. The van der Waals surface area contributed by atoms with Gasteiger partial charge in [0.05, 0.1) is 17.0 Å². The van der Waals surface area contributed by atoms with Crippen LogP contribution in [-0.2, 0) is 31.6 Å². The van der Waals surface area contributed by atoms with Crippen LogP contribution in [0.3, 0.4) is 0 Å². The van der Waals surface area contributed by atoms with Crippen molar-refractivity contribution in [2.75, 3.05) is 24.2 Å². The number of hydrogen-bond acceptors (Lipinski definition) is 6. The lowest BCUT2D eigenvalue weighted by Gasteiger charge is -2.33. The minimum absolute atomic E-state index is 0.000371. The monoisotopic (exact) mass is 541 g/mol. The zero-order valence-electron chi connectivity index (χ0n) is 22.8. The van der Waals surface area contributed by atoms with Crippen LogP contribution in [-0.4, -0.2) is 68.9 Å². The first-order valence-electron chi connectivity index (χ1n) is 13.2. The highest BCUT2D eigenvalue weighted by molar-refractivity contribution is 6.40. The number of para-hydroxylation sites is 2. The summed E-state index contributed by atoms with van der Waals surface area (Å²) >= 11 is 0. The van der Waals surface area contributed by atoms with E-state index in [2.05, 4.69) is 21.8 Å². The molecule has 0 saturated carbocycles. The molecule has 3 atom stereocenters. The van der Waals surface area contributed by atoms with Gasteiger partial charge < -0.3 is 20.4 Å². The summed E-state index contributed by atoms with van der Waals surface area (Å²) in [5, 5.41) is 20.4. The number of amides is 4. The van der Waals surface area contributed by atoms with E-state index in [4.69, 9.17) is 0 Å². The van der Waals surface area contributed by atoms with Gasteiger partial charge in [0.1, 0.15) is 12.1 Å². The second-order valence-corrected chi connectivity index (χ2v) is 10.9. The quantitative estimate of drug-likeness (QED) is 0.476. The molecule has 2 aromatic carbocycles. The lowest BCUT2D eigenvalue weighted by Crippen LogP contribution is -2.53. The minimum atomic E-state index is -1.05. The van der Waals surface area contributed by atoms with Crippen molar-refractivity contribution >= 4 is 46.0 Å². The standard InChI is InChI=1S/C29H31N7O4/c1-17(2)13-23(34(3)27(39)25(37)32-24-19-9-5-8-12-22(19)35(4)33-24)26(38)36-16-29(14-18(36)15-30)20-10-6-7-11-21(20)31-28(29)40/h5-12,17-18,23H,13-14,16H2,1-4H3,(H,31,40)(H,32,33,37)/t18-,23-,29-/m0/s1. The number of nitrogens with one attached hydrogen (secondary N) is 2. The maximum absolute atomic E-state index is 14.0. The van der Waals surface area contributed by atoms with Gasteiger partial charge in [0.15, 0.2) is 5.82 Å². The second kappa shape index (κ2) is 10.1. The Balaban J connectivity index is 1.39. The Kier molecular flexibility index (Phi) is 6.79. The van der Waals surface area contributed by atoms with Gasteiger partial charge in [0.25, 0.3) is 0 Å². The molecule has 3 aromatic rings. The highest BCUT2D eigenvalue weighted by Crippen LogP contribution is 2.46. The first-order valence-corrected chi connectivity index (χ1v) is 13.2. The van der Waals surface area contributed by atoms with Crippen molar-refractivity contribution in [2.45, 2.75) is 44.2 Å². The van der Waals surface area contributed by atoms with Gasteiger partial charge >= 0.3 is 11.8 Å². The van der Waals surface area contributed by atoms with Crippen LogP contribution in [0.25, 0.3) is 10.9 Å². The van der Waals surface area contributed by atoms with Gasteiger partial charge in [-0.05, 0) is 36.1 Å². The highest BCUT2D eigenvalue weighted by Gasteiger charge is 2.56. The molecular formula is C29H31N7O4. The number of likely N-dealkylation sites (tertiary alicyclic amines) is 1. The van der Waals surface area contributed by atoms with Crippen molar-refractivity contribution in [3.63, 3.8) is 0 Å². The number of benzene rings is 2. The third-order valence-corrected chi connectivity index (χ3v) is 7.87. The molecule has 2 N–H and O–H groups in total. The maximum Gasteiger partial charge on any atom is 0.315 e. The zero-order valence-corrected chi connectivity index (χ0v) is 22.8. The molecule has 1 fully saturated rings. The van der Waals surface area contributed by atoms with E-state index in [1.165, 1.54) is 11.9 Å². The highest BCUT2D eigenvalue weighted by atomic mass is 16.2. The van der Waals surface area contributed by atoms with E-state index in [0.29, 0.717) is 11.1 Å². The molecule has 2 aliphatic rings. The predicted octanol–water partition coefficient (Wildman–Crippen LogP) is 2.40. The average molecular weight is 542 g/mol. The summed E-state index contributed by atoms with van der Waals surface area (Å²) < 4.78 is 1.60. The summed E-state index contributed by atoms with van der Waals surface area (Å²) in [6, 6.07) is 14.9. The van der Waals surface area contributed by atoms with Crippen LogP contribution in [0, 0.1) is 17.2 Å². The fourth-order valence-electron chi connectivity index (χ4n) is 5.82. The topological polar surface area (TPSA) is 140 Å². The fourth-order valence-corrected chi connectivity index (χ4v) is 5.82. The third kappa shape index (κ3) is 4.35. The number of fused-ring (bicyclic) bond motifs is 3.